The lowest BCUT2D eigenvalue weighted by molar-refractivity contribution is -0.148. The van der Waals surface area contributed by atoms with E-state index in [4.69, 9.17) is 18.9 Å². The molecule has 0 saturated carbocycles. The van der Waals surface area contributed by atoms with Crippen molar-refractivity contribution in [3.05, 3.63) is 161 Å². The Morgan fingerprint density at radius 2 is 1.24 bits per heavy atom. The van der Waals surface area contributed by atoms with Gasteiger partial charge in [-0.05, 0) is 52.9 Å². The van der Waals surface area contributed by atoms with Gasteiger partial charge in [0.05, 0.1) is 19.8 Å². The Kier molecular flexibility index (Phi) is 10.5. The van der Waals surface area contributed by atoms with E-state index in [2.05, 4.69) is 41.7 Å². The number of halogens is 1. The number of carbonyl (C=O) groups is 1. The van der Waals surface area contributed by atoms with Crippen molar-refractivity contribution in [2.75, 3.05) is 21.1 Å². The molecular weight excluding hydrogens is 569 g/mol. The molecule has 5 aromatic carbocycles. The van der Waals surface area contributed by atoms with Crippen LogP contribution >= 0.6 is 0 Å². The molecule has 45 heavy (non-hydrogen) atoms. The molecule has 0 fully saturated rings. The average molecular weight is 606 g/mol. The van der Waals surface area contributed by atoms with E-state index in [-0.39, 0.29) is 6.61 Å². The molecule has 0 saturated heterocycles. The third kappa shape index (κ3) is 7.33. The van der Waals surface area contributed by atoms with E-state index in [0.29, 0.717) is 29.2 Å². The van der Waals surface area contributed by atoms with Crippen LogP contribution in [0.25, 0.3) is 0 Å². The zero-order chi connectivity index (χ0) is 31.5. The second-order valence-corrected chi connectivity index (χ2v) is 10.4. The predicted octanol–water partition coefficient (Wildman–Crippen LogP) is 7.25. The van der Waals surface area contributed by atoms with E-state index < -0.39 is 24.4 Å². The van der Waals surface area contributed by atoms with Gasteiger partial charge in [0.15, 0.2) is 0 Å². The number of methoxy groups -OCH3 is 2. The first kappa shape index (κ1) is 31.3. The SMILES string of the molecule is COc1ccc(COC(=O)C(Cc2ccc(OCF)cc2)NC(c2ccccc2)(c2ccccc2)c2ccccc2)c(OC)c1. The maximum atomic E-state index is 14.2. The Bertz CT molecular complexity index is 1550. The number of nitrogens with one attached hydrogen (secondary N) is 1. The van der Waals surface area contributed by atoms with Gasteiger partial charge in [0.2, 0.25) is 6.86 Å². The quantitative estimate of drug-likeness (QED) is 0.106. The Hall–Kier alpha value is -5.14. The normalized spacial score (nSPS) is 11.8. The van der Waals surface area contributed by atoms with Crippen LogP contribution in [-0.2, 0) is 28.1 Å². The molecule has 0 aromatic heterocycles. The van der Waals surface area contributed by atoms with Crippen LogP contribution in [-0.4, -0.2) is 33.1 Å². The summed E-state index contributed by atoms with van der Waals surface area (Å²) in [7, 11) is 3.15. The summed E-state index contributed by atoms with van der Waals surface area (Å²) in [5, 5.41) is 3.77. The molecule has 0 heterocycles. The Balaban J connectivity index is 1.57. The van der Waals surface area contributed by atoms with E-state index in [9.17, 15) is 9.18 Å². The summed E-state index contributed by atoms with van der Waals surface area (Å²) < 4.78 is 34.6. The topological polar surface area (TPSA) is 66.0 Å². The molecule has 0 spiro atoms. The standard InChI is InChI=1S/C38H36FNO5/c1-42-34-23-20-29(36(25-34)43-2)26-44-37(41)35(24-28-18-21-33(22-19-28)45-27-39)40-38(30-12-6-3-7-13-30,31-14-8-4-9-15-31)32-16-10-5-11-17-32/h3-23,25,35,40H,24,26-27H2,1-2H3. The van der Waals surface area contributed by atoms with Crippen molar-refractivity contribution in [1.29, 1.82) is 0 Å². The molecule has 7 heteroatoms. The molecule has 1 atom stereocenters. The van der Waals surface area contributed by atoms with Crippen molar-refractivity contribution in [2.45, 2.75) is 24.6 Å². The minimum absolute atomic E-state index is 0.00245. The van der Waals surface area contributed by atoms with Gasteiger partial charge >= 0.3 is 5.97 Å². The lowest BCUT2D eigenvalue weighted by atomic mass is 9.76. The van der Waals surface area contributed by atoms with Crippen LogP contribution in [0.5, 0.6) is 17.2 Å². The lowest BCUT2D eigenvalue weighted by Crippen LogP contribution is -2.53. The van der Waals surface area contributed by atoms with Crippen LogP contribution in [0.4, 0.5) is 4.39 Å². The van der Waals surface area contributed by atoms with Crippen molar-refractivity contribution in [1.82, 2.24) is 5.32 Å². The summed E-state index contributed by atoms with van der Waals surface area (Å²) >= 11 is 0. The van der Waals surface area contributed by atoms with E-state index >= 15 is 0 Å². The Morgan fingerprint density at radius 3 is 1.73 bits per heavy atom. The summed E-state index contributed by atoms with van der Waals surface area (Å²) in [5.74, 6) is 1.17. The molecule has 0 aliphatic heterocycles. The Labute approximate surface area is 263 Å². The Morgan fingerprint density at radius 1 is 0.711 bits per heavy atom. The van der Waals surface area contributed by atoms with E-state index in [1.165, 1.54) is 0 Å². The van der Waals surface area contributed by atoms with Gasteiger partial charge in [0, 0.05) is 11.6 Å². The number of esters is 1. The second kappa shape index (κ2) is 15.0. The van der Waals surface area contributed by atoms with Crippen LogP contribution in [0.1, 0.15) is 27.8 Å². The van der Waals surface area contributed by atoms with Gasteiger partial charge in [-0.15, -0.1) is 0 Å². The number of alkyl halides is 1. The first-order chi connectivity index (χ1) is 22.1. The highest BCUT2D eigenvalue weighted by Gasteiger charge is 2.40. The van der Waals surface area contributed by atoms with Crippen LogP contribution < -0.4 is 19.5 Å². The number of hydrogen-bond acceptors (Lipinski definition) is 6. The molecule has 0 radical (unpaired) electrons. The van der Waals surface area contributed by atoms with E-state index in [1.807, 2.05) is 72.8 Å². The fraction of sp³-hybridized carbons (Fsp3) is 0.184. The summed E-state index contributed by atoms with van der Waals surface area (Å²) in [4.78, 5) is 14.2. The molecule has 230 valence electrons. The first-order valence-corrected chi connectivity index (χ1v) is 14.7. The highest BCUT2D eigenvalue weighted by molar-refractivity contribution is 5.77. The maximum absolute atomic E-state index is 14.2. The highest BCUT2D eigenvalue weighted by atomic mass is 19.1. The van der Waals surface area contributed by atoms with E-state index in [0.717, 1.165) is 22.3 Å². The maximum Gasteiger partial charge on any atom is 0.323 e. The van der Waals surface area contributed by atoms with Gasteiger partial charge in [0.1, 0.15) is 29.9 Å². The summed E-state index contributed by atoms with van der Waals surface area (Å²) in [6, 6.07) is 41.8. The zero-order valence-electron chi connectivity index (χ0n) is 25.3. The zero-order valence-corrected chi connectivity index (χ0v) is 25.3. The van der Waals surface area contributed by atoms with Gasteiger partial charge < -0.3 is 18.9 Å². The molecule has 5 aromatic rings. The van der Waals surface area contributed by atoms with E-state index in [1.54, 1.807) is 38.5 Å². The van der Waals surface area contributed by atoms with Crippen molar-refractivity contribution in [3.8, 4) is 17.2 Å². The smallest absolute Gasteiger partial charge is 0.323 e. The molecule has 0 bridgehead atoms. The molecule has 1 N–H and O–H groups in total. The molecular formula is C38H36FNO5. The fourth-order valence-electron chi connectivity index (χ4n) is 5.51. The van der Waals surface area contributed by atoms with Crippen LogP contribution in [0.2, 0.25) is 0 Å². The number of hydrogen-bond donors (Lipinski definition) is 1. The van der Waals surface area contributed by atoms with Gasteiger partial charge in [-0.1, -0.05) is 103 Å². The van der Waals surface area contributed by atoms with Gasteiger partial charge in [-0.2, -0.15) is 0 Å². The number of benzene rings is 5. The fourth-order valence-corrected chi connectivity index (χ4v) is 5.51. The molecule has 0 amide bonds. The highest BCUT2D eigenvalue weighted by Crippen LogP contribution is 2.38. The summed E-state index contributed by atoms with van der Waals surface area (Å²) in [6.07, 6.45) is 0.294. The number of carbonyl (C=O) groups excluding carboxylic acids is 1. The molecule has 5 rings (SSSR count). The molecule has 1 unspecified atom stereocenters. The largest absolute Gasteiger partial charge is 0.497 e. The summed E-state index contributed by atoms with van der Waals surface area (Å²) in [5.41, 5.74) is 3.53. The molecule has 0 aliphatic rings. The van der Waals surface area contributed by atoms with Crippen molar-refractivity contribution < 1.29 is 28.1 Å². The first-order valence-electron chi connectivity index (χ1n) is 14.7. The minimum atomic E-state index is -0.918. The minimum Gasteiger partial charge on any atom is -0.497 e. The van der Waals surface area contributed by atoms with Gasteiger partial charge in [0.25, 0.3) is 0 Å². The van der Waals surface area contributed by atoms with Gasteiger partial charge in [-0.3, -0.25) is 10.1 Å². The molecule has 6 nitrogen and oxygen atoms in total. The van der Waals surface area contributed by atoms with Crippen molar-refractivity contribution in [2.24, 2.45) is 0 Å². The third-order valence-corrected chi connectivity index (χ3v) is 7.74. The number of ether oxygens (including phenoxy) is 4. The van der Waals surface area contributed by atoms with Crippen molar-refractivity contribution in [3.63, 3.8) is 0 Å². The van der Waals surface area contributed by atoms with Crippen LogP contribution in [0.15, 0.2) is 133 Å². The van der Waals surface area contributed by atoms with Crippen molar-refractivity contribution >= 4 is 5.97 Å². The number of rotatable bonds is 14. The van der Waals surface area contributed by atoms with Crippen LogP contribution in [0.3, 0.4) is 0 Å². The second-order valence-electron chi connectivity index (χ2n) is 10.4. The summed E-state index contributed by atoms with van der Waals surface area (Å²) in [6.45, 7) is -0.916. The predicted molar refractivity (Wildman–Crippen MR) is 172 cm³/mol. The lowest BCUT2D eigenvalue weighted by Gasteiger charge is -2.39. The van der Waals surface area contributed by atoms with Crippen LogP contribution in [0, 0.1) is 0 Å². The average Bonchev–Trinajstić information content (AvgIpc) is 3.11. The molecule has 0 aliphatic carbocycles. The van der Waals surface area contributed by atoms with Gasteiger partial charge in [-0.25, -0.2) is 4.39 Å². The third-order valence-electron chi connectivity index (χ3n) is 7.74. The monoisotopic (exact) mass is 605 g/mol.